The second kappa shape index (κ2) is 12.4. The van der Waals surface area contributed by atoms with Crippen molar-refractivity contribution in [2.75, 3.05) is 13.2 Å². The Morgan fingerprint density at radius 1 is 0.579 bits per heavy atom. The summed E-state index contributed by atoms with van der Waals surface area (Å²) < 4.78 is 21.6. The second-order valence-electron chi connectivity index (χ2n) is 8.97. The summed E-state index contributed by atoms with van der Waals surface area (Å²) in [6.45, 7) is 4.38. The number of rotatable bonds is 10. The largest absolute Gasteiger partial charge is 0.513 e. The van der Waals surface area contributed by atoms with Crippen LogP contribution in [0.25, 0.3) is 11.5 Å². The van der Waals surface area contributed by atoms with E-state index in [4.69, 9.17) is 18.9 Å². The molecule has 2 aromatic rings. The van der Waals surface area contributed by atoms with Crippen LogP contribution in [0.3, 0.4) is 0 Å². The minimum atomic E-state index is -0.989. The van der Waals surface area contributed by atoms with E-state index in [1.807, 2.05) is 13.8 Å². The zero-order valence-electron chi connectivity index (χ0n) is 21.5. The number of hydrogen-bond acceptors (Lipinski definition) is 8. The number of ether oxygens (including phenoxy) is 4. The molecule has 0 N–H and O–H groups in total. The van der Waals surface area contributed by atoms with Gasteiger partial charge in [0.15, 0.2) is 23.1 Å². The van der Waals surface area contributed by atoms with Crippen molar-refractivity contribution in [3.05, 3.63) is 81.9 Å². The first-order chi connectivity index (χ1) is 18.5. The number of unbranched alkanes of at least 4 members (excludes halogenated alkanes) is 4. The fraction of sp³-hybridized carbons (Fsp3) is 0.333. The normalized spacial score (nSPS) is 13.9. The Morgan fingerprint density at radius 2 is 0.947 bits per heavy atom. The zero-order chi connectivity index (χ0) is 27.1. The maximum atomic E-state index is 13.7. The molecule has 0 atom stereocenters. The molecule has 0 aromatic heterocycles. The second-order valence-corrected chi connectivity index (χ2v) is 8.97. The summed E-state index contributed by atoms with van der Waals surface area (Å²) in [5.74, 6) is -1.30. The van der Waals surface area contributed by atoms with Crippen molar-refractivity contribution in [3.63, 3.8) is 0 Å². The van der Waals surface area contributed by atoms with Crippen molar-refractivity contribution in [2.45, 2.75) is 52.4 Å². The van der Waals surface area contributed by atoms with Crippen LogP contribution in [0.5, 0.6) is 0 Å². The molecular weight excluding hydrogens is 488 g/mol. The van der Waals surface area contributed by atoms with Gasteiger partial charge in [0.2, 0.25) is 0 Å². The molecule has 0 amide bonds. The van der Waals surface area contributed by atoms with Gasteiger partial charge in [0.1, 0.15) is 0 Å². The van der Waals surface area contributed by atoms with Gasteiger partial charge in [-0.05, 0) is 12.8 Å². The summed E-state index contributed by atoms with van der Waals surface area (Å²) in [6.07, 6.45) is 3.04. The Hall–Kier alpha value is -4.20. The van der Waals surface area contributed by atoms with Crippen LogP contribution in [0.4, 0.5) is 9.59 Å². The fourth-order valence-electron chi connectivity index (χ4n) is 4.41. The van der Waals surface area contributed by atoms with E-state index in [1.54, 1.807) is 48.5 Å². The third kappa shape index (κ3) is 5.54. The Balaban J connectivity index is 1.80. The first kappa shape index (κ1) is 26.9. The molecule has 0 spiro atoms. The number of carbonyl (C=O) groups excluding carboxylic acids is 4. The molecule has 0 heterocycles. The number of fused-ring (bicyclic) bond motifs is 3. The monoisotopic (exact) mass is 518 g/mol. The lowest BCUT2D eigenvalue weighted by atomic mass is 9.76. The van der Waals surface area contributed by atoms with E-state index in [0.29, 0.717) is 12.8 Å². The predicted molar refractivity (Wildman–Crippen MR) is 139 cm³/mol. The third-order valence-corrected chi connectivity index (χ3v) is 6.30. The molecule has 2 aromatic carbocycles. The van der Waals surface area contributed by atoms with Crippen LogP contribution in [0.2, 0.25) is 0 Å². The summed E-state index contributed by atoms with van der Waals surface area (Å²) in [4.78, 5) is 52.7. The highest BCUT2D eigenvalue weighted by Gasteiger charge is 2.43. The highest BCUT2D eigenvalue weighted by atomic mass is 16.7. The maximum absolute atomic E-state index is 13.7. The summed E-state index contributed by atoms with van der Waals surface area (Å²) >= 11 is 0. The minimum Gasteiger partial charge on any atom is -0.434 e. The molecule has 4 rings (SSSR count). The summed E-state index contributed by atoms with van der Waals surface area (Å²) in [7, 11) is 0. The van der Waals surface area contributed by atoms with E-state index in [1.165, 1.54) is 0 Å². The Morgan fingerprint density at radius 3 is 1.32 bits per heavy atom. The van der Waals surface area contributed by atoms with Gasteiger partial charge in [-0.25, -0.2) is 9.59 Å². The molecule has 0 aliphatic heterocycles. The quantitative estimate of drug-likeness (QED) is 0.247. The van der Waals surface area contributed by atoms with Gasteiger partial charge in [0, 0.05) is 22.3 Å². The molecule has 38 heavy (non-hydrogen) atoms. The molecule has 2 aliphatic carbocycles. The maximum Gasteiger partial charge on any atom is 0.513 e. The van der Waals surface area contributed by atoms with E-state index in [2.05, 4.69) is 0 Å². The van der Waals surface area contributed by atoms with Gasteiger partial charge >= 0.3 is 12.3 Å². The van der Waals surface area contributed by atoms with Crippen LogP contribution in [0, 0.1) is 0 Å². The molecule has 2 aliphatic rings. The van der Waals surface area contributed by atoms with Crippen LogP contribution >= 0.6 is 0 Å². The van der Waals surface area contributed by atoms with E-state index >= 15 is 0 Å². The number of allylic oxidation sites excluding steroid dienone is 2. The van der Waals surface area contributed by atoms with Crippen molar-refractivity contribution in [3.8, 4) is 0 Å². The summed E-state index contributed by atoms with van der Waals surface area (Å²) in [6, 6.07) is 13.0. The minimum absolute atomic E-state index is 0.118. The summed E-state index contributed by atoms with van der Waals surface area (Å²) in [5.41, 5.74) is 0.625. The molecule has 0 saturated carbocycles. The first-order valence-electron chi connectivity index (χ1n) is 12.9. The molecule has 8 heteroatoms. The smallest absolute Gasteiger partial charge is 0.434 e. The fourth-order valence-corrected chi connectivity index (χ4v) is 4.41. The van der Waals surface area contributed by atoms with Crippen molar-refractivity contribution >= 4 is 35.4 Å². The van der Waals surface area contributed by atoms with Crippen LogP contribution in [0.15, 0.2) is 59.7 Å². The van der Waals surface area contributed by atoms with Gasteiger partial charge in [0.05, 0.1) is 24.4 Å². The van der Waals surface area contributed by atoms with Crippen molar-refractivity contribution in [2.24, 2.45) is 0 Å². The topological polar surface area (TPSA) is 105 Å². The number of ketones is 2. The molecule has 0 bridgehead atoms. The Kier molecular flexibility index (Phi) is 8.73. The number of carbonyl (C=O) groups is 4. The third-order valence-electron chi connectivity index (χ3n) is 6.30. The van der Waals surface area contributed by atoms with Gasteiger partial charge in [-0.3, -0.25) is 9.59 Å². The lowest BCUT2D eigenvalue weighted by Crippen LogP contribution is -2.29. The summed E-state index contributed by atoms with van der Waals surface area (Å²) in [5, 5.41) is 0. The van der Waals surface area contributed by atoms with E-state index < -0.39 is 23.9 Å². The Labute approximate surface area is 221 Å². The molecular formula is C30H30O8. The predicted octanol–water partition coefficient (Wildman–Crippen LogP) is 6.89. The highest BCUT2D eigenvalue weighted by molar-refractivity contribution is 6.34. The molecule has 8 nitrogen and oxygen atoms in total. The van der Waals surface area contributed by atoms with Gasteiger partial charge < -0.3 is 18.9 Å². The molecule has 0 fully saturated rings. The lowest BCUT2D eigenvalue weighted by molar-refractivity contribution is 0.0842. The number of hydrogen-bond donors (Lipinski definition) is 0. The van der Waals surface area contributed by atoms with Crippen molar-refractivity contribution in [1.29, 1.82) is 0 Å². The number of benzene rings is 2. The highest BCUT2D eigenvalue weighted by Crippen LogP contribution is 2.45. The first-order valence-corrected chi connectivity index (χ1v) is 12.9. The zero-order valence-corrected chi connectivity index (χ0v) is 21.5. The SMILES string of the molecule is CCCCCOC(=O)OC1=C2C(=O)c3ccccc3C(OC(=O)OCCCCC)=C2C(=O)c2ccccc21. The van der Waals surface area contributed by atoms with E-state index in [0.717, 1.165) is 25.7 Å². The molecule has 0 unspecified atom stereocenters. The van der Waals surface area contributed by atoms with Crippen LogP contribution in [0.1, 0.15) is 84.2 Å². The van der Waals surface area contributed by atoms with Gasteiger partial charge in [-0.1, -0.05) is 88.1 Å². The van der Waals surface area contributed by atoms with Gasteiger partial charge in [-0.15, -0.1) is 0 Å². The molecule has 0 radical (unpaired) electrons. The molecule has 198 valence electrons. The van der Waals surface area contributed by atoms with Crippen LogP contribution in [-0.4, -0.2) is 37.1 Å². The van der Waals surface area contributed by atoms with Gasteiger partial charge in [0.25, 0.3) is 0 Å². The van der Waals surface area contributed by atoms with Crippen LogP contribution < -0.4 is 0 Å². The van der Waals surface area contributed by atoms with Crippen molar-refractivity contribution in [1.82, 2.24) is 0 Å². The van der Waals surface area contributed by atoms with E-state index in [-0.39, 0.29) is 58.1 Å². The lowest BCUT2D eigenvalue weighted by Gasteiger charge is -2.28. The Bertz CT molecular complexity index is 1220. The standard InChI is InChI=1S/C30H30O8/c1-3-5-11-17-35-29(33)37-27-21-15-9-7-13-19(21)26(32)24-23(27)25(31)20-14-8-10-16-22(20)28(24)38-30(34)36-18-12-6-4-2/h7-10,13-16H,3-6,11-12,17-18H2,1-2H3. The van der Waals surface area contributed by atoms with E-state index in [9.17, 15) is 19.2 Å². The van der Waals surface area contributed by atoms with Crippen LogP contribution in [-0.2, 0) is 18.9 Å². The number of Topliss-reactive ketones (excluding diaryl/α,β-unsaturated/α-hetero) is 2. The average molecular weight is 519 g/mol. The average Bonchev–Trinajstić information content (AvgIpc) is 2.93. The van der Waals surface area contributed by atoms with Gasteiger partial charge in [-0.2, -0.15) is 0 Å². The van der Waals surface area contributed by atoms with Crippen molar-refractivity contribution < 1.29 is 38.1 Å². The molecule has 0 saturated heterocycles.